The molecule has 21 heavy (non-hydrogen) atoms. The Morgan fingerprint density at radius 2 is 1.90 bits per heavy atom. The van der Waals surface area contributed by atoms with Gasteiger partial charge in [0.25, 0.3) is 0 Å². The second-order valence-corrected chi connectivity index (χ2v) is 6.95. The van der Waals surface area contributed by atoms with E-state index in [1.807, 2.05) is 6.92 Å². The lowest BCUT2D eigenvalue weighted by molar-refractivity contribution is 0.281. The molecule has 0 radical (unpaired) electrons. The van der Waals surface area contributed by atoms with Crippen LogP contribution in [0.1, 0.15) is 31.9 Å². The minimum Gasteiger partial charge on any atom is -0.392 e. The predicted molar refractivity (Wildman–Crippen MR) is 84.7 cm³/mol. The minimum atomic E-state index is -3.57. The van der Waals surface area contributed by atoms with Crippen LogP contribution >= 0.6 is 0 Å². The predicted octanol–water partition coefficient (Wildman–Crippen LogP) is 1.50. The first-order valence-corrected chi connectivity index (χ1v) is 8.77. The first kappa shape index (κ1) is 18.1. The molecule has 2 N–H and O–H groups in total. The normalized spacial score (nSPS) is 13.6. The summed E-state index contributed by atoms with van der Waals surface area (Å²) in [6.45, 7) is 10.0. The Labute approximate surface area is 128 Å². The molecule has 5 nitrogen and oxygen atoms in total. The van der Waals surface area contributed by atoms with Gasteiger partial charge in [-0.3, -0.25) is 0 Å². The molecule has 0 fully saturated rings. The Kier molecular flexibility index (Phi) is 6.80. The third kappa shape index (κ3) is 5.07. The summed E-state index contributed by atoms with van der Waals surface area (Å²) in [5.74, 6) is 0. The van der Waals surface area contributed by atoms with Crippen LogP contribution in [0.4, 0.5) is 0 Å². The van der Waals surface area contributed by atoms with Crippen molar-refractivity contribution in [2.75, 3.05) is 19.6 Å². The number of benzene rings is 1. The second kappa shape index (κ2) is 7.89. The zero-order valence-electron chi connectivity index (χ0n) is 13.3. The maximum absolute atomic E-state index is 12.5. The highest BCUT2D eigenvalue weighted by Gasteiger charge is 2.20. The number of sulfonamides is 1. The van der Waals surface area contributed by atoms with Crippen molar-refractivity contribution in [1.82, 2.24) is 9.62 Å². The van der Waals surface area contributed by atoms with E-state index in [1.165, 1.54) is 6.07 Å². The highest BCUT2D eigenvalue weighted by atomic mass is 32.2. The van der Waals surface area contributed by atoms with Crippen LogP contribution in [0.25, 0.3) is 0 Å². The van der Waals surface area contributed by atoms with E-state index in [2.05, 4.69) is 23.5 Å². The lowest BCUT2D eigenvalue weighted by Gasteiger charge is -2.23. The van der Waals surface area contributed by atoms with Gasteiger partial charge in [-0.1, -0.05) is 26.0 Å². The number of hydrogen-bond acceptors (Lipinski definition) is 4. The minimum absolute atomic E-state index is 0.169. The third-order valence-corrected chi connectivity index (χ3v) is 5.24. The van der Waals surface area contributed by atoms with Crippen molar-refractivity contribution < 1.29 is 13.5 Å². The Morgan fingerprint density at radius 1 is 1.29 bits per heavy atom. The molecule has 0 spiro atoms. The summed E-state index contributed by atoms with van der Waals surface area (Å²) in [6, 6.07) is 4.80. The summed E-state index contributed by atoms with van der Waals surface area (Å²) in [4.78, 5) is 2.41. The largest absolute Gasteiger partial charge is 0.392 e. The highest BCUT2D eigenvalue weighted by Crippen LogP contribution is 2.17. The van der Waals surface area contributed by atoms with Crippen LogP contribution in [0.2, 0.25) is 0 Å². The van der Waals surface area contributed by atoms with Gasteiger partial charge < -0.3 is 10.0 Å². The monoisotopic (exact) mass is 314 g/mol. The fraction of sp³-hybridized carbons (Fsp3) is 0.600. The number of aliphatic hydroxyl groups excluding tert-OH is 1. The molecule has 1 atom stereocenters. The average molecular weight is 314 g/mol. The molecule has 0 saturated carbocycles. The molecular formula is C15H26N2O3S. The van der Waals surface area contributed by atoms with Gasteiger partial charge in [0, 0.05) is 12.6 Å². The van der Waals surface area contributed by atoms with Crippen LogP contribution in [-0.2, 0) is 16.6 Å². The SMILES string of the molecule is CCN(CC)CC(C)NS(=O)(=O)c1cc(CO)ccc1C. The first-order chi connectivity index (χ1) is 9.83. The van der Waals surface area contributed by atoms with E-state index in [9.17, 15) is 8.42 Å². The van der Waals surface area contributed by atoms with Gasteiger partial charge in [0.1, 0.15) is 0 Å². The fourth-order valence-corrected chi connectivity index (χ4v) is 3.80. The van der Waals surface area contributed by atoms with Crippen LogP contribution in [-0.4, -0.2) is 44.1 Å². The molecule has 120 valence electrons. The maximum Gasteiger partial charge on any atom is 0.241 e. The number of aliphatic hydroxyl groups is 1. The van der Waals surface area contributed by atoms with Gasteiger partial charge in [0.2, 0.25) is 10.0 Å². The smallest absolute Gasteiger partial charge is 0.241 e. The molecule has 1 aromatic carbocycles. The molecular weight excluding hydrogens is 288 g/mol. The molecule has 0 aromatic heterocycles. The molecule has 6 heteroatoms. The number of rotatable bonds is 8. The average Bonchev–Trinajstić information content (AvgIpc) is 2.44. The van der Waals surface area contributed by atoms with Crippen LogP contribution in [0, 0.1) is 6.92 Å². The van der Waals surface area contributed by atoms with Crippen LogP contribution in [0.15, 0.2) is 23.1 Å². The van der Waals surface area contributed by atoms with Gasteiger partial charge in [-0.05, 0) is 44.1 Å². The van der Waals surface area contributed by atoms with E-state index in [-0.39, 0.29) is 17.5 Å². The molecule has 0 heterocycles. The quantitative estimate of drug-likeness (QED) is 0.763. The lowest BCUT2D eigenvalue weighted by atomic mass is 10.2. The van der Waals surface area contributed by atoms with Gasteiger partial charge in [-0.2, -0.15) is 0 Å². The van der Waals surface area contributed by atoms with Crippen molar-refractivity contribution in [3.63, 3.8) is 0 Å². The van der Waals surface area contributed by atoms with E-state index in [0.29, 0.717) is 17.7 Å². The zero-order chi connectivity index (χ0) is 16.0. The first-order valence-electron chi connectivity index (χ1n) is 7.29. The summed E-state index contributed by atoms with van der Waals surface area (Å²) in [7, 11) is -3.57. The van der Waals surface area contributed by atoms with Crippen LogP contribution in [0.3, 0.4) is 0 Å². The molecule has 0 bridgehead atoms. The molecule has 1 unspecified atom stereocenters. The molecule has 0 amide bonds. The third-order valence-electron chi connectivity index (χ3n) is 3.51. The lowest BCUT2D eigenvalue weighted by Crippen LogP contribution is -2.42. The van der Waals surface area contributed by atoms with E-state index in [0.717, 1.165) is 13.1 Å². The standard InChI is InChI=1S/C15H26N2O3S/c1-5-17(6-2)10-13(4)16-21(19,20)15-9-14(11-18)8-7-12(15)3/h7-9,13,16,18H,5-6,10-11H2,1-4H3. The molecule has 0 aliphatic rings. The Bertz CT molecular complexity index is 554. The van der Waals surface area contributed by atoms with Crippen molar-refractivity contribution in [3.8, 4) is 0 Å². The molecule has 0 aliphatic heterocycles. The Morgan fingerprint density at radius 3 is 2.43 bits per heavy atom. The number of aryl methyl sites for hydroxylation is 1. The summed E-state index contributed by atoms with van der Waals surface area (Å²) in [5.41, 5.74) is 1.27. The summed E-state index contributed by atoms with van der Waals surface area (Å²) in [6.07, 6.45) is 0. The van der Waals surface area contributed by atoms with Gasteiger partial charge >= 0.3 is 0 Å². The van der Waals surface area contributed by atoms with Crippen LogP contribution < -0.4 is 4.72 Å². The topological polar surface area (TPSA) is 69.6 Å². The summed E-state index contributed by atoms with van der Waals surface area (Å²) in [5, 5.41) is 9.16. The van der Waals surface area contributed by atoms with Crippen molar-refractivity contribution in [3.05, 3.63) is 29.3 Å². The highest BCUT2D eigenvalue weighted by molar-refractivity contribution is 7.89. The van der Waals surface area contributed by atoms with Crippen molar-refractivity contribution >= 4 is 10.0 Å². The van der Waals surface area contributed by atoms with Gasteiger partial charge in [-0.15, -0.1) is 0 Å². The summed E-state index contributed by atoms with van der Waals surface area (Å²) < 4.78 is 27.7. The second-order valence-electron chi connectivity index (χ2n) is 5.27. The van der Waals surface area contributed by atoms with Crippen molar-refractivity contribution in [1.29, 1.82) is 0 Å². The van der Waals surface area contributed by atoms with Gasteiger partial charge in [-0.25, -0.2) is 13.1 Å². The van der Waals surface area contributed by atoms with E-state index >= 15 is 0 Å². The number of hydrogen-bond donors (Lipinski definition) is 2. The zero-order valence-corrected chi connectivity index (χ0v) is 14.1. The fourth-order valence-electron chi connectivity index (χ4n) is 2.27. The number of nitrogens with zero attached hydrogens (tertiary/aromatic N) is 1. The number of likely N-dealkylation sites (N-methyl/N-ethyl adjacent to an activating group) is 1. The molecule has 0 aliphatic carbocycles. The van der Waals surface area contributed by atoms with Gasteiger partial charge in [0.05, 0.1) is 11.5 Å². The molecule has 1 rings (SSSR count). The van der Waals surface area contributed by atoms with E-state index in [4.69, 9.17) is 5.11 Å². The number of nitrogens with one attached hydrogen (secondary N) is 1. The van der Waals surface area contributed by atoms with E-state index in [1.54, 1.807) is 19.1 Å². The summed E-state index contributed by atoms with van der Waals surface area (Å²) >= 11 is 0. The Balaban J connectivity index is 2.91. The van der Waals surface area contributed by atoms with Crippen molar-refractivity contribution in [2.24, 2.45) is 0 Å². The van der Waals surface area contributed by atoms with Crippen LogP contribution in [0.5, 0.6) is 0 Å². The Hall–Kier alpha value is -0.950. The molecule has 0 saturated heterocycles. The van der Waals surface area contributed by atoms with E-state index < -0.39 is 10.0 Å². The maximum atomic E-state index is 12.5. The molecule has 1 aromatic rings. The van der Waals surface area contributed by atoms with Crippen molar-refractivity contribution in [2.45, 2.75) is 45.2 Å². The van der Waals surface area contributed by atoms with Gasteiger partial charge in [0.15, 0.2) is 0 Å².